The van der Waals surface area contributed by atoms with Gasteiger partial charge in [0.2, 0.25) is 0 Å². The molecule has 0 heterocycles. The van der Waals surface area contributed by atoms with Gasteiger partial charge >= 0.3 is 0 Å². The molecule has 2 heteroatoms. The molecule has 1 aromatic carbocycles. The fourth-order valence-corrected chi connectivity index (χ4v) is 2.97. The van der Waals surface area contributed by atoms with Crippen LogP contribution in [-0.2, 0) is 6.42 Å². The highest BCUT2D eigenvalue weighted by Crippen LogP contribution is 2.37. The number of nitrogens with two attached hydrogens (primary N) is 1. The Kier molecular flexibility index (Phi) is 3.72. The summed E-state index contributed by atoms with van der Waals surface area (Å²) >= 11 is 0. The molecule has 0 spiro atoms. The average molecular weight is 233 g/mol. The molecule has 2 atom stereocenters. The predicted octanol–water partition coefficient (Wildman–Crippen LogP) is 3.15. The van der Waals surface area contributed by atoms with Crippen LogP contribution in [0, 0.1) is 5.92 Å². The molecule has 0 amide bonds. The standard InChI is InChI=1S/C15H23NO/c1-3-12-7-8-15(16,10-12)11-13-5-4-6-14(9-13)17-2/h4-6,9,12H,3,7-8,10-11,16H2,1-2H3. The van der Waals surface area contributed by atoms with Gasteiger partial charge in [0.05, 0.1) is 7.11 Å². The van der Waals surface area contributed by atoms with Gasteiger partial charge < -0.3 is 10.5 Å². The maximum absolute atomic E-state index is 6.51. The van der Waals surface area contributed by atoms with Crippen LogP contribution in [0.3, 0.4) is 0 Å². The molecule has 0 radical (unpaired) electrons. The Morgan fingerprint density at radius 3 is 2.94 bits per heavy atom. The van der Waals surface area contributed by atoms with Crippen LogP contribution in [0.4, 0.5) is 0 Å². The van der Waals surface area contributed by atoms with Crippen molar-refractivity contribution >= 4 is 0 Å². The van der Waals surface area contributed by atoms with Gasteiger partial charge in [-0.3, -0.25) is 0 Å². The van der Waals surface area contributed by atoms with E-state index < -0.39 is 0 Å². The van der Waals surface area contributed by atoms with Gasteiger partial charge in [0.25, 0.3) is 0 Å². The summed E-state index contributed by atoms with van der Waals surface area (Å²) in [5, 5.41) is 0. The van der Waals surface area contributed by atoms with Crippen LogP contribution >= 0.6 is 0 Å². The Morgan fingerprint density at radius 2 is 2.29 bits per heavy atom. The van der Waals surface area contributed by atoms with E-state index in [1.54, 1.807) is 7.11 Å². The third-order valence-electron chi connectivity index (χ3n) is 4.01. The molecular formula is C15H23NO. The van der Waals surface area contributed by atoms with Crippen LogP contribution in [0.2, 0.25) is 0 Å². The Hall–Kier alpha value is -1.02. The Labute approximate surface area is 104 Å². The summed E-state index contributed by atoms with van der Waals surface area (Å²) in [6.45, 7) is 2.27. The van der Waals surface area contributed by atoms with Gasteiger partial charge in [-0.2, -0.15) is 0 Å². The lowest BCUT2D eigenvalue weighted by molar-refractivity contribution is 0.401. The van der Waals surface area contributed by atoms with E-state index in [-0.39, 0.29) is 5.54 Å². The summed E-state index contributed by atoms with van der Waals surface area (Å²) in [6.07, 6.45) is 5.85. The van der Waals surface area contributed by atoms with Crippen molar-refractivity contribution in [2.24, 2.45) is 11.7 Å². The first-order valence-corrected chi connectivity index (χ1v) is 6.57. The van der Waals surface area contributed by atoms with Crippen molar-refractivity contribution in [3.8, 4) is 5.75 Å². The monoisotopic (exact) mass is 233 g/mol. The number of benzene rings is 1. The molecule has 1 fully saturated rings. The van der Waals surface area contributed by atoms with Crippen LogP contribution in [0.1, 0.15) is 38.2 Å². The SMILES string of the molecule is CCC1CCC(N)(Cc2cccc(OC)c2)C1. The zero-order chi connectivity index (χ0) is 12.3. The number of ether oxygens (including phenoxy) is 1. The maximum atomic E-state index is 6.51. The quantitative estimate of drug-likeness (QED) is 0.867. The van der Waals surface area contributed by atoms with Crippen LogP contribution in [-0.4, -0.2) is 12.6 Å². The number of hydrogen-bond donors (Lipinski definition) is 1. The summed E-state index contributed by atoms with van der Waals surface area (Å²) in [5.41, 5.74) is 7.81. The molecule has 0 saturated heterocycles. The van der Waals surface area contributed by atoms with E-state index in [1.807, 2.05) is 12.1 Å². The van der Waals surface area contributed by atoms with Crippen molar-refractivity contribution in [1.29, 1.82) is 0 Å². The fraction of sp³-hybridized carbons (Fsp3) is 0.600. The van der Waals surface area contributed by atoms with Gasteiger partial charge in [0, 0.05) is 5.54 Å². The minimum absolute atomic E-state index is 0.00699. The first kappa shape index (κ1) is 12.4. The van der Waals surface area contributed by atoms with Gasteiger partial charge in [-0.1, -0.05) is 25.5 Å². The number of rotatable bonds is 4. The lowest BCUT2D eigenvalue weighted by Gasteiger charge is -2.24. The normalized spacial score (nSPS) is 28.3. The van der Waals surface area contributed by atoms with Gasteiger partial charge in [-0.25, -0.2) is 0 Å². The van der Waals surface area contributed by atoms with Crippen LogP contribution in [0.5, 0.6) is 5.75 Å². The first-order valence-electron chi connectivity index (χ1n) is 6.57. The van der Waals surface area contributed by atoms with E-state index in [4.69, 9.17) is 10.5 Å². The molecule has 0 aromatic heterocycles. The van der Waals surface area contributed by atoms with Crippen molar-refractivity contribution in [2.75, 3.05) is 7.11 Å². The lowest BCUT2D eigenvalue weighted by Crippen LogP contribution is -2.39. The van der Waals surface area contributed by atoms with E-state index in [0.29, 0.717) is 0 Å². The van der Waals surface area contributed by atoms with Gasteiger partial charge in [-0.15, -0.1) is 0 Å². The molecule has 17 heavy (non-hydrogen) atoms. The Balaban J connectivity index is 2.05. The molecule has 94 valence electrons. The molecule has 1 aliphatic carbocycles. The van der Waals surface area contributed by atoms with Gasteiger partial charge in [0.1, 0.15) is 5.75 Å². The Bertz CT molecular complexity index is 377. The van der Waals surface area contributed by atoms with Crippen molar-refractivity contribution < 1.29 is 4.74 Å². The molecule has 2 nitrogen and oxygen atoms in total. The molecule has 1 aliphatic rings. The largest absolute Gasteiger partial charge is 0.497 e. The second kappa shape index (κ2) is 5.09. The summed E-state index contributed by atoms with van der Waals surface area (Å²) in [5.74, 6) is 1.75. The van der Waals surface area contributed by atoms with Crippen LogP contribution < -0.4 is 10.5 Å². The average Bonchev–Trinajstić information content (AvgIpc) is 2.71. The maximum Gasteiger partial charge on any atom is 0.119 e. The van der Waals surface area contributed by atoms with Crippen molar-refractivity contribution in [3.63, 3.8) is 0 Å². The highest BCUT2D eigenvalue weighted by atomic mass is 16.5. The first-order chi connectivity index (χ1) is 8.15. The summed E-state index contributed by atoms with van der Waals surface area (Å²) in [4.78, 5) is 0. The third-order valence-corrected chi connectivity index (χ3v) is 4.01. The summed E-state index contributed by atoms with van der Waals surface area (Å²) in [6, 6.07) is 8.28. The highest BCUT2D eigenvalue weighted by Gasteiger charge is 2.34. The van der Waals surface area contributed by atoms with Gasteiger partial charge in [0.15, 0.2) is 0 Å². The molecule has 1 aromatic rings. The zero-order valence-corrected chi connectivity index (χ0v) is 10.9. The zero-order valence-electron chi connectivity index (χ0n) is 10.9. The van der Waals surface area contributed by atoms with Crippen LogP contribution in [0.25, 0.3) is 0 Å². The van der Waals surface area contributed by atoms with Gasteiger partial charge in [-0.05, 0) is 49.3 Å². The summed E-state index contributed by atoms with van der Waals surface area (Å²) < 4.78 is 5.25. The second-order valence-electron chi connectivity index (χ2n) is 5.41. The minimum Gasteiger partial charge on any atom is -0.497 e. The van der Waals surface area contributed by atoms with Crippen molar-refractivity contribution in [3.05, 3.63) is 29.8 Å². The molecule has 2 N–H and O–H groups in total. The fourth-order valence-electron chi connectivity index (χ4n) is 2.97. The lowest BCUT2D eigenvalue weighted by atomic mass is 9.89. The third kappa shape index (κ3) is 3.01. The smallest absolute Gasteiger partial charge is 0.119 e. The highest BCUT2D eigenvalue weighted by molar-refractivity contribution is 5.29. The van der Waals surface area contributed by atoms with Crippen molar-refractivity contribution in [2.45, 2.75) is 44.6 Å². The van der Waals surface area contributed by atoms with E-state index in [0.717, 1.165) is 24.5 Å². The second-order valence-corrected chi connectivity index (χ2v) is 5.41. The van der Waals surface area contributed by atoms with Crippen LogP contribution in [0.15, 0.2) is 24.3 Å². The molecular weight excluding hydrogens is 210 g/mol. The minimum atomic E-state index is 0.00699. The molecule has 2 rings (SSSR count). The number of methoxy groups -OCH3 is 1. The summed E-state index contributed by atoms with van der Waals surface area (Å²) in [7, 11) is 1.71. The van der Waals surface area contributed by atoms with E-state index in [1.165, 1.54) is 24.8 Å². The topological polar surface area (TPSA) is 35.2 Å². The molecule has 0 aliphatic heterocycles. The Morgan fingerprint density at radius 1 is 1.47 bits per heavy atom. The van der Waals surface area contributed by atoms with E-state index in [9.17, 15) is 0 Å². The predicted molar refractivity (Wildman–Crippen MR) is 71.2 cm³/mol. The number of hydrogen-bond acceptors (Lipinski definition) is 2. The van der Waals surface area contributed by atoms with E-state index in [2.05, 4.69) is 19.1 Å². The van der Waals surface area contributed by atoms with Crippen molar-refractivity contribution in [1.82, 2.24) is 0 Å². The molecule has 2 unspecified atom stereocenters. The molecule has 1 saturated carbocycles. The van der Waals surface area contributed by atoms with E-state index >= 15 is 0 Å². The molecule has 0 bridgehead atoms.